The van der Waals surface area contributed by atoms with E-state index in [-0.39, 0.29) is 0 Å². The van der Waals surface area contributed by atoms with E-state index in [0.717, 1.165) is 5.69 Å². The largest absolute Gasteiger partial charge is 0.376 e. The smallest absolute Gasteiger partial charge is 0.0629 e. The molecule has 2 heterocycles. The van der Waals surface area contributed by atoms with Crippen molar-refractivity contribution in [3.63, 3.8) is 0 Å². The van der Waals surface area contributed by atoms with E-state index in [9.17, 15) is 0 Å². The van der Waals surface area contributed by atoms with Crippen molar-refractivity contribution in [2.75, 3.05) is 5.32 Å². The van der Waals surface area contributed by atoms with Gasteiger partial charge in [-0.25, -0.2) is 0 Å². The molecule has 0 aliphatic heterocycles. The second kappa shape index (κ2) is 5.12. The van der Waals surface area contributed by atoms with Crippen LogP contribution in [-0.2, 0) is 0 Å². The van der Waals surface area contributed by atoms with Crippen molar-refractivity contribution in [1.29, 1.82) is 0 Å². The Morgan fingerprint density at radius 1 is 1.25 bits per heavy atom. The van der Waals surface area contributed by atoms with Gasteiger partial charge in [-0.2, -0.15) is 0 Å². The van der Waals surface area contributed by atoms with Crippen LogP contribution in [0.3, 0.4) is 0 Å². The summed E-state index contributed by atoms with van der Waals surface area (Å²) >= 11 is 1.80. The number of thiophene rings is 1. The van der Waals surface area contributed by atoms with E-state index in [2.05, 4.69) is 47.7 Å². The van der Waals surface area contributed by atoms with E-state index in [1.54, 1.807) is 17.5 Å². The first-order valence-corrected chi connectivity index (χ1v) is 6.35. The second-order valence-electron chi connectivity index (χ2n) is 4.12. The van der Waals surface area contributed by atoms with Gasteiger partial charge < -0.3 is 5.32 Å². The highest BCUT2D eigenvalue weighted by molar-refractivity contribution is 7.10. The maximum atomic E-state index is 4.12. The van der Waals surface area contributed by atoms with Crippen LogP contribution in [0.15, 0.2) is 42.0 Å². The lowest BCUT2D eigenvalue weighted by Crippen LogP contribution is -2.15. The minimum atomic E-state index is 0.365. The summed E-state index contributed by atoms with van der Waals surface area (Å²) in [6, 6.07) is 8.65. The van der Waals surface area contributed by atoms with Gasteiger partial charge in [0.25, 0.3) is 0 Å². The van der Waals surface area contributed by atoms with Gasteiger partial charge in [0.15, 0.2) is 0 Å². The molecule has 16 heavy (non-hydrogen) atoms. The number of nitrogens with zero attached hydrogens (tertiary/aromatic N) is 1. The number of hydrogen-bond acceptors (Lipinski definition) is 3. The van der Waals surface area contributed by atoms with E-state index in [1.807, 2.05) is 12.3 Å². The molecule has 0 saturated heterocycles. The van der Waals surface area contributed by atoms with Crippen LogP contribution < -0.4 is 5.32 Å². The van der Waals surface area contributed by atoms with Gasteiger partial charge in [0.1, 0.15) is 0 Å². The molecule has 2 rings (SSSR count). The number of nitrogens with one attached hydrogen (secondary N) is 1. The van der Waals surface area contributed by atoms with Crippen molar-refractivity contribution >= 4 is 17.0 Å². The van der Waals surface area contributed by atoms with Crippen LogP contribution in [0.5, 0.6) is 0 Å². The van der Waals surface area contributed by atoms with Crippen molar-refractivity contribution < 1.29 is 0 Å². The van der Waals surface area contributed by atoms with Crippen molar-refractivity contribution in [2.45, 2.75) is 19.9 Å². The molecule has 1 unspecified atom stereocenters. The molecule has 0 amide bonds. The Hall–Kier alpha value is -1.35. The van der Waals surface area contributed by atoms with Gasteiger partial charge in [-0.15, -0.1) is 11.3 Å². The normalized spacial score (nSPS) is 12.7. The zero-order valence-corrected chi connectivity index (χ0v) is 10.4. The fourth-order valence-corrected chi connectivity index (χ4v) is 2.61. The van der Waals surface area contributed by atoms with Crippen molar-refractivity contribution in [3.05, 3.63) is 46.9 Å². The molecule has 0 spiro atoms. The van der Waals surface area contributed by atoms with Gasteiger partial charge in [0.2, 0.25) is 0 Å². The molecule has 0 fully saturated rings. The summed E-state index contributed by atoms with van der Waals surface area (Å²) in [7, 11) is 0. The van der Waals surface area contributed by atoms with Crippen LogP contribution in [0.4, 0.5) is 5.69 Å². The van der Waals surface area contributed by atoms with Crippen LogP contribution in [-0.4, -0.2) is 4.98 Å². The molecule has 1 N–H and O–H groups in total. The first-order chi connectivity index (χ1) is 7.77. The third-order valence-electron chi connectivity index (χ3n) is 2.50. The standard InChI is InChI=1S/C13H16N2S/c1-10(2)13(12-6-4-8-16-12)15-11-5-3-7-14-9-11/h3-10,13,15H,1-2H3. The number of anilines is 1. The lowest BCUT2D eigenvalue weighted by molar-refractivity contribution is 0.553. The molecule has 0 bridgehead atoms. The maximum absolute atomic E-state index is 4.12. The molecule has 2 aromatic heterocycles. The Morgan fingerprint density at radius 2 is 2.12 bits per heavy atom. The summed E-state index contributed by atoms with van der Waals surface area (Å²) in [5, 5.41) is 5.65. The molecular formula is C13H16N2S. The molecule has 0 aromatic carbocycles. The molecule has 3 heteroatoms. The lowest BCUT2D eigenvalue weighted by Gasteiger charge is -2.22. The summed E-state index contributed by atoms with van der Waals surface area (Å²) in [5.74, 6) is 0.554. The highest BCUT2D eigenvalue weighted by Crippen LogP contribution is 2.29. The minimum Gasteiger partial charge on any atom is -0.376 e. The minimum absolute atomic E-state index is 0.365. The van der Waals surface area contributed by atoms with Gasteiger partial charge in [-0.3, -0.25) is 4.98 Å². The number of pyridine rings is 1. The van der Waals surface area contributed by atoms with Crippen LogP contribution >= 0.6 is 11.3 Å². The first-order valence-electron chi connectivity index (χ1n) is 5.47. The molecule has 2 aromatic rings. The molecule has 0 aliphatic carbocycles. The zero-order chi connectivity index (χ0) is 11.4. The first kappa shape index (κ1) is 11.1. The van der Waals surface area contributed by atoms with Gasteiger partial charge in [-0.05, 0) is 29.5 Å². The summed E-state index contributed by atoms with van der Waals surface area (Å²) in [4.78, 5) is 5.49. The van der Waals surface area contributed by atoms with Gasteiger partial charge in [0.05, 0.1) is 11.7 Å². The third kappa shape index (κ3) is 2.61. The average Bonchev–Trinajstić information content (AvgIpc) is 2.80. The Bertz CT molecular complexity index is 409. The topological polar surface area (TPSA) is 24.9 Å². The van der Waals surface area contributed by atoms with E-state index < -0.39 is 0 Å². The number of rotatable bonds is 4. The van der Waals surface area contributed by atoms with Crippen molar-refractivity contribution in [3.8, 4) is 0 Å². The Balaban J connectivity index is 2.16. The van der Waals surface area contributed by atoms with Crippen LogP contribution in [0.2, 0.25) is 0 Å². The molecule has 1 atom stereocenters. The predicted molar refractivity (Wildman–Crippen MR) is 69.8 cm³/mol. The van der Waals surface area contributed by atoms with Gasteiger partial charge in [0, 0.05) is 17.3 Å². The SMILES string of the molecule is CC(C)C(Nc1cccnc1)c1cccs1. The molecule has 0 radical (unpaired) electrons. The summed E-state index contributed by atoms with van der Waals surface area (Å²) in [5.41, 5.74) is 1.08. The summed E-state index contributed by atoms with van der Waals surface area (Å²) < 4.78 is 0. The van der Waals surface area contributed by atoms with Gasteiger partial charge in [-0.1, -0.05) is 19.9 Å². The highest BCUT2D eigenvalue weighted by Gasteiger charge is 2.16. The van der Waals surface area contributed by atoms with E-state index in [4.69, 9.17) is 0 Å². The van der Waals surface area contributed by atoms with Crippen LogP contribution in [0.25, 0.3) is 0 Å². The maximum Gasteiger partial charge on any atom is 0.0629 e. The molecule has 0 aliphatic rings. The highest BCUT2D eigenvalue weighted by atomic mass is 32.1. The Morgan fingerprint density at radius 3 is 2.69 bits per heavy atom. The quantitative estimate of drug-likeness (QED) is 0.863. The van der Waals surface area contributed by atoms with Crippen LogP contribution in [0.1, 0.15) is 24.8 Å². The lowest BCUT2D eigenvalue weighted by atomic mass is 10.0. The number of aromatic nitrogens is 1. The predicted octanol–water partition coefficient (Wildman–Crippen LogP) is 3.95. The van der Waals surface area contributed by atoms with Crippen LogP contribution in [0, 0.1) is 5.92 Å². The van der Waals surface area contributed by atoms with E-state index >= 15 is 0 Å². The van der Waals surface area contributed by atoms with E-state index in [0.29, 0.717) is 12.0 Å². The summed E-state index contributed by atoms with van der Waals surface area (Å²) in [6.07, 6.45) is 3.66. The van der Waals surface area contributed by atoms with Gasteiger partial charge >= 0.3 is 0 Å². The van der Waals surface area contributed by atoms with Crippen molar-refractivity contribution in [1.82, 2.24) is 4.98 Å². The fraction of sp³-hybridized carbons (Fsp3) is 0.308. The Kier molecular flexibility index (Phi) is 3.57. The molecule has 84 valence electrons. The molecule has 0 saturated carbocycles. The zero-order valence-electron chi connectivity index (χ0n) is 9.55. The summed E-state index contributed by atoms with van der Waals surface area (Å²) in [6.45, 7) is 4.46. The molecular weight excluding hydrogens is 216 g/mol. The van der Waals surface area contributed by atoms with Crippen molar-refractivity contribution in [2.24, 2.45) is 5.92 Å². The average molecular weight is 232 g/mol. The monoisotopic (exact) mass is 232 g/mol. The fourth-order valence-electron chi connectivity index (χ4n) is 1.66. The van der Waals surface area contributed by atoms with E-state index in [1.165, 1.54) is 4.88 Å². The molecule has 2 nitrogen and oxygen atoms in total. The Labute approximate surface area is 100 Å². The second-order valence-corrected chi connectivity index (χ2v) is 5.10. The third-order valence-corrected chi connectivity index (χ3v) is 3.46. The number of hydrogen-bond donors (Lipinski definition) is 1.